The summed E-state index contributed by atoms with van der Waals surface area (Å²) < 4.78 is 5.23. The Labute approximate surface area is 151 Å². The maximum absolute atomic E-state index is 12.5. The van der Waals surface area contributed by atoms with E-state index >= 15 is 0 Å². The van der Waals surface area contributed by atoms with Crippen molar-refractivity contribution >= 4 is 11.6 Å². The molecule has 1 N–H and O–H groups in total. The largest absolute Gasteiger partial charge is 0.352 e. The number of aryl methyl sites for hydroxylation is 2. The number of hydrogen-bond donors (Lipinski definition) is 1. The molecule has 3 aromatic heterocycles. The zero-order chi connectivity index (χ0) is 18.3. The summed E-state index contributed by atoms with van der Waals surface area (Å²) in [6.45, 7) is 5.04. The Balaban J connectivity index is 1.36. The normalized spacial score (nSPS) is 14.1. The highest BCUT2D eigenvalue weighted by Crippen LogP contribution is 2.38. The maximum Gasteiger partial charge on any atom is 0.350 e. The molecule has 0 radical (unpaired) electrons. The Hall–Kier alpha value is -2.83. The minimum Gasteiger partial charge on any atom is -0.352 e. The highest BCUT2D eigenvalue weighted by Gasteiger charge is 2.28. The van der Waals surface area contributed by atoms with Crippen molar-refractivity contribution in [2.75, 3.05) is 6.54 Å². The first-order chi connectivity index (χ1) is 12.6. The highest BCUT2D eigenvalue weighted by molar-refractivity contribution is 5.95. The van der Waals surface area contributed by atoms with Gasteiger partial charge in [0.15, 0.2) is 5.65 Å². The van der Waals surface area contributed by atoms with Crippen LogP contribution >= 0.6 is 0 Å². The van der Waals surface area contributed by atoms with Crippen molar-refractivity contribution in [3.63, 3.8) is 0 Å². The summed E-state index contributed by atoms with van der Waals surface area (Å²) in [5.74, 6) is -0.0488. The van der Waals surface area contributed by atoms with Crippen LogP contribution in [0.4, 0.5) is 0 Å². The molecule has 0 spiro atoms. The van der Waals surface area contributed by atoms with Gasteiger partial charge in [-0.1, -0.05) is 6.07 Å². The first kappa shape index (κ1) is 16.6. The van der Waals surface area contributed by atoms with E-state index in [0.29, 0.717) is 31.2 Å². The van der Waals surface area contributed by atoms with E-state index in [1.807, 2.05) is 19.1 Å². The summed E-state index contributed by atoms with van der Waals surface area (Å²) in [6.07, 6.45) is 4.76. The molecule has 3 aromatic rings. The molecule has 26 heavy (non-hydrogen) atoms. The van der Waals surface area contributed by atoms with Crippen molar-refractivity contribution in [2.45, 2.75) is 45.7 Å². The van der Waals surface area contributed by atoms with Gasteiger partial charge in [-0.25, -0.2) is 9.48 Å². The number of nitrogens with one attached hydrogen (secondary N) is 1. The minimum atomic E-state index is -0.153. The quantitative estimate of drug-likeness (QED) is 0.690. The van der Waals surface area contributed by atoms with Gasteiger partial charge in [0.25, 0.3) is 5.91 Å². The second-order valence-electron chi connectivity index (χ2n) is 6.93. The molecule has 1 aliphatic carbocycles. The van der Waals surface area contributed by atoms with Crippen LogP contribution in [-0.4, -0.2) is 31.2 Å². The first-order valence-corrected chi connectivity index (χ1v) is 9.07. The van der Waals surface area contributed by atoms with Crippen LogP contribution in [-0.2, 0) is 6.54 Å². The Kier molecular flexibility index (Phi) is 4.14. The van der Waals surface area contributed by atoms with Crippen LogP contribution in [0.3, 0.4) is 0 Å². The second-order valence-corrected chi connectivity index (χ2v) is 6.93. The molecular formula is C19H23N5O2. The van der Waals surface area contributed by atoms with Crippen molar-refractivity contribution in [3.05, 3.63) is 57.9 Å². The first-order valence-electron chi connectivity index (χ1n) is 9.07. The number of aromatic nitrogens is 4. The average Bonchev–Trinajstić information content (AvgIpc) is 3.35. The molecule has 0 bridgehead atoms. The molecule has 7 heteroatoms. The molecule has 1 fully saturated rings. The number of amides is 1. The van der Waals surface area contributed by atoms with Crippen molar-refractivity contribution < 1.29 is 4.79 Å². The number of carbonyl (C=O) groups is 1. The van der Waals surface area contributed by atoms with Gasteiger partial charge >= 0.3 is 5.69 Å². The number of nitrogens with zero attached hydrogens (tertiary/aromatic N) is 4. The lowest BCUT2D eigenvalue weighted by Gasteiger charge is -2.08. The molecule has 4 rings (SSSR count). The predicted octanol–water partition coefficient (Wildman–Crippen LogP) is 2.07. The summed E-state index contributed by atoms with van der Waals surface area (Å²) in [5, 5.41) is 7.25. The van der Waals surface area contributed by atoms with Gasteiger partial charge in [0.05, 0.1) is 5.56 Å². The fraction of sp³-hybridized carbons (Fsp3) is 0.421. The molecular weight excluding hydrogens is 330 g/mol. The van der Waals surface area contributed by atoms with Gasteiger partial charge in [-0.3, -0.25) is 9.20 Å². The third-order valence-corrected chi connectivity index (χ3v) is 4.96. The van der Waals surface area contributed by atoms with E-state index in [1.54, 1.807) is 18.3 Å². The topological polar surface area (TPSA) is 73.3 Å². The van der Waals surface area contributed by atoms with E-state index in [2.05, 4.69) is 21.9 Å². The lowest BCUT2D eigenvalue weighted by Crippen LogP contribution is -2.27. The summed E-state index contributed by atoms with van der Waals surface area (Å²) in [6, 6.07) is 7.99. The molecule has 7 nitrogen and oxygen atoms in total. The number of carbonyl (C=O) groups excluding carboxylic acids is 1. The Morgan fingerprint density at radius 1 is 1.31 bits per heavy atom. The van der Waals surface area contributed by atoms with Gasteiger partial charge in [-0.15, -0.1) is 5.10 Å². The van der Waals surface area contributed by atoms with Gasteiger partial charge in [-0.2, -0.15) is 0 Å². The molecule has 1 aliphatic rings. The zero-order valence-corrected chi connectivity index (χ0v) is 15.1. The molecule has 1 saturated carbocycles. The smallest absolute Gasteiger partial charge is 0.350 e. The number of rotatable bonds is 6. The lowest BCUT2D eigenvalue weighted by atomic mass is 10.2. The standard InChI is InChI=1S/C19H23N5O2/c1-13-12-16(14(2)24(13)15-7-8-15)18(25)20-9-5-11-23-19(26)22-10-4-3-6-17(22)21-23/h3-4,6,10,12,15H,5,7-9,11H2,1-2H3,(H,20,25). The van der Waals surface area contributed by atoms with Crippen LogP contribution < -0.4 is 11.0 Å². The molecule has 0 aliphatic heterocycles. The maximum atomic E-state index is 12.5. The third kappa shape index (κ3) is 2.94. The van der Waals surface area contributed by atoms with Gasteiger partial charge < -0.3 is 9.88 Å². The summed E-state index contributed by atoms with van der Waals surface area (Å²) >= 11 is 0. The third-order valence-electron chi connectivity index (χ3n) is 4.96. The van der Waals surface area contributed by atoms with Gasteiger partial charge in [0.1, 0.15) is 0 Å². The zero-order valence-electron chi connectivity index (χ0n) is 15.1. The molecule has 3 heterocycles. The molecule has 136 valence electrons. The Bertz CT molecular complexity index is 1020. The Morgan fingerprint density at radius 3 is 2.85 bits per heavy atom. The predicted molar refractivity (Wildman–Crippen MR) is 98.6 cm³/mol. The summed E-state index contributed by atoms with van der Waals surface area (Å²) in [5.41, 5.74) is 3.42. The van der Waals surface area contributed by atoms with Crippen LogP contribution in [0.25, 0.3) is 5.65 Å². The van der Waals surface area contributed by atoms with E-state index in [1.165, 1.54) is 21.9 Å². The molecule has 0 unspecified atom stereocenters. The second kappa shape index (κ2) is 6.48. The number of fused-ring (bicyclic) bond motifs is 1. The van der Waals surface area contributed by atoms with Crippen molar-refractivity contribution in [3.8, 4) is 0 Å². The van der Waals surface area contributed by atoms with Crippen molar-refractivity contribution in [2.24, 2.45) is 0 Å². The fourth-order valence-electron chi connectivity index (χ4n) is 3.54. The van der Waals surface area contributed by atoms with Crippen LogP contribution in [0, 0.1) is 13.8 Å². The van der Waals surface area contributed by atoms with Crippen molar-refractivity contribution in [1.29, 1.82) is 0 Å². The molecule has 0 aromatic carbocycles. The van der Waals surface area contributed by atoms with Crippen LogP contribution in [0.5, 0.6) is 0 Å². The number of hydrogen-bond acceptors (Lipinski definition) is 3. The van der Waals surface area contributed by atoms with Crippen LogP contribution in [0.2, 0.25) is 0 Å². The van der Waals surface area contributed by atoms with E-state index in [9.17, 15) is 9.59 Å². The van der Waals surface area contributed by atoms with Gasteiger partial charge in [-0.05, 0) is 51.3 Å². The highest BCUT2D eigenvalue weighted by atomic mass is 16.2. The van der Waals surface area contributed by atoms with Gasteiger partial charge in [0, 0.05) is 36.7 Å². The molecule has 0 saturated heterocycles. The van der Waals surface area contributed by atoms with E-state index in [0.717, 1.165) is 17.0 Å². The average molecular weight is 353 g/mol. The van der Waals surface area contributed by atoms with Gasteiger partial charge in [0.2, 0.25) is 0 Å². The molecule has 0 atom stereocenters. The fourth-order valence-corrected chi connectivity index (χ4v) is 3.54. The van der Waals surface area contributed by atoms with E-state index in [-0.39, 0.29) is 11.6 Å². The SMILES string of the molecule is Cc1cc(C(=O)NCCCn2nc3ccccn3c2=O)c(C)n1C1CC1. The molecule has 1 amide bonds. The lowest BCUT2D eigenvalue weighted by molar-refractivity contribution is 0.0952. The van der Waals surface area contributed by atoms with E-state index in [4.69, 9.17) is 0 Å². The summed E-state index contributed by atoms with van der Waals surface area (Å²) in [4.78, 5) is 24.7. The summed E-state index contributed by atoms with van der Waals surface area (Å²) in [7, 11) is 0. The van der Waals surface area contributed by atoms with Crippen LogP contribution in [0.15, 0.2) is 35.3 Å². The monoisotopic (exact) mass is 353 g/mol. The van der Waals surface area contributed by atoms with Crippen LogP contribution in [0.1, 0.15) is 47.1 Å². The van der Waals surface area contributed by atoms with E-state index < -0.39 is 0 Å². The van der Waals surface area contributed by atoms with Crippen molar-refractivity contribution in [1.82, 2.24) is 24.1 Å². The number of pyridine rings is 1. The minimum absolute atomic E-state index is 0.0488. The Morgan fingerprint density at radius 2 is 2.12 bits per heavy atom.